The number of hydrogen-bond donors (Lipinski definition) is 6. The van der Waals surface area contributed by atoms with Gasteiger partial charge in [0, 0.05) is 5.56 Å². The van der Waals surface area contributed by atoms with E-state index in [1.165, 1.54) is 19.2 Å². The Bertz CT molecular complexity index is 1110. The van der Waals surface area contributed by atoms with Crippen molar-refractivity contribution >= 4 is 11.9 Å². The summed E-state index contributed by atoms with van der Waals surface area (Å²) >= 11 is 0. The maximum Gasteiger partial charge on any atom is 0.342 e. The number of carbonyl (C=O) groups is 2. The first-order valence-electron chi connectivity index (χ1n) is 9.69. The van der Waals surface area contributed by atoms with Crippen LogP contribution in [0.3, 0.4) is 0 Å². The number of para-hydroxylation sites is 1. The van der Waals surface area contributed by atoms with E-state index in [9.17, 15) is 40.2 Å². The molecule has 2 heterocycles. The van der Waals surface area contributed by atoms with Crippen LogP contribution in [0.5, 0.6) is 28.7 Å². The van der Waals surface area contributed by atoms with Gasteiger partial charge in [-0.25, -0.2) is 9.59 Å². The molecule has 4 rings (SSSR count). The molecule has 1 fully saturated rings. The van der Waals surface area contributed by atoms with Crippen molar-refractivity contribution in [3.8, 4) is 28.7 Å². The quantitative estimate of drug-likeness (QED) is 0.264. The molecule has 2 aromatic carbocycles. The third-order valence-corrected chi connectivity index (χ3v) is 5.53. The number of phenolic OH excluding ortho intramolecular Hbond substituents is 4. The predicted molar refractivity (Wildman–Crippen MR) is 105 cm³/mol. The van der Waals surface area contributed by atoms with E-state index < -0.39 is 72.1 Å². The minimum atomic E-state index is -1.68. The number of hydrogen-bond acceptors (Lipinski definition) is 12. The van der Waals surface area contributed by atoms with E-state index in [2.05, 4.69) is 0 Å². The molecule has 33 heavy (non-hydrogen) atoms. The Morgan fingerprint density at radius 1 is 1.06 bits per heavy atom. The fourth-order valence-corrected chi connectivity index (χ4v) is 3.87. The maximum absolute atomic E-state index is 12.4. The first-order chi connectivity index (χ1) is 15.6. The van der Waals surface area contributed by atoms with Gasteiger partial charge in [-0.15, -0.1) is 0 Å². The number of fused-ring (bicyclic) bond motifs is 3. The lowest BCUT2D eigenvalue weighted by Gasteiger charge is -2.44. The van der Waals surface area contributed by atoms with Gasteiger partial charge in [0.25, 0.3) is 0 Å². The van der Waals surface area contributed by atoms with Crippen LogP contribution in [-0.4, -0.2) is 80.7 Å². The SMILES string of the molecule is COc1c(O)cc2c(c1O)C1O[C@H](COC(=O)c3cccc(O)c3O)[C@@H](O)[C@H](O)C1OC2=O. The summed E-state index contributed by atoms with van der Waals surface area (Å²) in [5.41, 5.74) is -0.719. The molecule has 0 spiro atoms. The molecular weight excluding hydrogens is 444 g/mol. The van der Waals surface area contributed by atoms with Gasteiger partial charge in [0.15, 0.2) is 29.1 Å². The topological polar surface area (TPSA) is 192 Å². The molecule has 2 aliphatic heterocycles. The number of aromatic hydroxyl groups is 4. The van der Waals surface area contributed by atoms with E-state index in [4.69, 9.17) is 18.9 Å². The molecule has 0 bridgehead atoms. The Morgan fingerprint density at radius 3 is 2.48 bits per heavy atom. The fraction of sp³-hybridized carbons (Fsp3) is 0.333. The molecule has 2 aliphatic rings. The van der Waals surface area contributed by atoms with Crippen molar-refractivity contribution in [2.75, 3.05) is 13.7 Å². The van der Waals surface area contributed by atoms with Gasteiger partial charge in [-0.2, -0.15) is 0 Å². The summed E-state index contributed by atoms with van der Waals surface area (Å²) < 4.78 is 20.9. The Kier molecular flexibility index (Phi) is 5.66. The summed E-state index contributed by atoms with van der Waals surface area (Å²) in [5.74, 6) is -4.74. The van der Waals surface area contributed by atoms with E-state index >= 15 is 0 Å². The first-order valence-corrected chi connectivity index (χ1v) is 9.69. The van der Waals surface area contributed by atoms with Crippen LogP contribution in [0, 0.1) is 0 Å². The Hall–Kier alpha value is -3.74. The van der Waals surface area contributed by atoms with Gasteiger partial charge in [-0.05, 0) is 18.2 Å². The Balaban J connectivity index is 1.61. The summed E-state index contributed by atoms with van der Waals surface area (Å²) in [5, 5.41) is 60.9. The highest BCUT2D eigenvalue weighted by atomic mass is 16.6. The monoisotopic (exact) mass is 464 g/mol. The van der Waals surface area contributed by atoms with Crippen LogP contribution in [0.25, 0.3) is 0 Å². The van der Waals surface area contributed by atoms with E-state index in [1.807, 2.05) is 0 Å². The fourth-order valence-electron chi connectivity index (χ4n) is 3.87. The van der Waals surface area contributed by atoms with E-state index in [-0.39, 0.29) is 22.4 Å². The van der Waals surface area contributed by atoms with Gasteiger partial charge in [0.1, 0.15) is 36.6 Å². The van der Waals surface area contributed by atoms with Crippen molar-refractivity contribution in [3.05, 3.63) is 41.0 Å². The molecule has 6 N–H and O–H groups in total. The van der Waals surface area contributed by atoms with Crippen molar-refractivity contribution in [2.24, 2.45) is 0 Å². The lowest BCUT2D eigenvalue weighted by atomic mass is 9.86. The van der Waals surface area contributed by atoms with Crippen LogP contribution in [0.2, 0.25) is 0 Å². The third-order valence-electron chi connectivity index (χ3n) is 5.53. The summed E-state index contributed by atoms with van der Waals surface area (Å²) in [6, 6.07) is 4.68. The second kappa shape index (κ2) is 8.31. The highest BCUT2D eigenvalue weighted by molar-refractivity contribution is 5.95. The lowest BCUT2D eigenvalue weighted by molar-refractivity contribution is -0.235. The van der Waals surface area contributed by atoms with Crippen LogP contribution < -0.4 is 4.74 Å². The van der Waals surface area contributed by atoms with Gasteiger partial charge in [0.05, 0.1) is 12.7 Å². The highest BCUT2D eigenvalue weighted by Gasteiger charge is 2.52. The molecule has 0 aliphatic carbocycles. The highest BCUT2D eigenvalue weighted by Crippen LogP contribution is 2.49. The van der Waals surface area contributed by atoms with Gasteiger partial charge in [-0.1, -0.05) is 6.07 Å². The van der Waals surface area contributed by atoms with Crippen molar-refractivity contribution < 1.29 is 59.2 Å². The van der Waals surface area contributed by atoms with Crippen LogP contribution in [-0.2, 0) is 14.2 Å². The molecule has 0 amide bonds. The average molecular weight is 464 g/mol. The normalized spacial score (nSPS) is 26.0. The number of carbonyl (C=O) groups excluding carboxylic acids is 2. The van der Waals surface area contributed by atoms with Crippen molar-refractivity contribution in [1.82, 2.24) is 0 Å². The van der Waals surface area contributed by atoms with E-state index in [1.54, 1.807) is 0 Å². The van der Waals surface area contributed by atoms with Crippen LogP contribution in [0.4, 0.5) is 0 Å². The molecule has 12 heteroatoms. The number of ether oxygens (including phenoxy) is 4. The summed E-state index contributed by atoms with van der Waals surface area (Å²) in [4.78, 5) is 24.7. The van der Waals surface area contributed by atoms with Crippen LogP contribution in [0.15, 0.2) is 24.3 Å². The number of methoxy groups -OCH3 is 1. The van der Waals surface area contributed by atoms with Crippen LogP contribution >= 0.6 is 0 Å². The van der Waals surface area contributed by atoms with Gasteiger partial charge in [-0.3, -0.25) is 0 Å². The number of phenols is 4. The molecule has 5 atom stereocenters. The molecule has 12 nitrogen and oxygen atoms in total. The standard InChI is InChI=1S/C21H20O12/c1-30-17-10(23)5-8-12(15(17)26)18-19(33-21(8)29)16(27)14(25)11(32-18)6-31-20(28)7-3-2-4-9(22)13(7)24/h2-5,11,14,16,18-19,22-27H,6H2,1H3/t11-,14-,16+,18?,19?/m1/s1. The second-order valence-electron chi connectivity index (χ2n) is 7.46. The smallest absolute Gasteiger partial charge is 0.342 e. The second-order valence-corrected chi connectivity index (χ2v) is 7.46. The molecule has 1 saturated heterocycles. The molecule has 0 saturated carbocycles. The van der Waals surface area contributed by atoms with E-state index in [0.29, 0.717) is 0 Å². The number of rotatable bonds is 4. The number of benzene rings is 2. The number of esters is 2. The molecular formula is C21H20O12. The molecule has 2 aromatic rings. The lowest BCUT2D eigenvalue weighted by Crippen LogP contribution is -2.58. The summed E-state index contributed by atoms with van der Waals surface area (Å²) in [7, 11) is 1.18. The largest absolute Gasteiger partial charge is 0.504 e. The first kappa shape index (κ1) is 22.5. The number of aliphatic hydroxyl groups excluding tert-OH is 2. The molecule has 0 radical (unpaired) electrons. The molecule has 2 unspecified atom stereocenters. The van der Waals surface area contributed by atoms with Crippen molar-refractivity contribution in [2.45, 2.75) is 30.5 Å². The zero-order chi connectivity index (χ0) is 24.0. The van der Waals surface area contributed by atoms with E-state index in [0.717, 1.165) is 12.1 Å². The minimum Gasteiger partial charge on any atom is -0.504 e. The third kappa shape index (κ3) is 3.63. The van der Waals surface area contributed by atoms with Crippen molar-refractivity contribution in [3.63, 3.8) is 0 Å². The summed E-state index contributed by atoms with van der Waals surface area (Å²) in [6.45, 7) is -0.603. The zero-order valence-electron chi connectivity index (χ0n) is 17.0. The van der Waals surface area contributed by atoms with Gasteiger partial charge >= 0.3 is 11.9 Å². The zero-order valence-corrected chi connectivity index (χ0v) is 17.0. The van der Waals surface area contributed by atoms with Gasteiger partial charge < -0.3 is 49.6 Å². The van der Waals surface area contributed by atoms with Gasteiger partial charge in [0.2, 0.25) is 5.75 Å². The average Bonchev–Trinajstić information content (AvgIpc) is 2.78. The minimum absolute atomic E-state index is 0.140. The molecule has 176 valence electrons. The maximum atomic E-state index is 12.4. The Labute approximate surface area is 185 Å². The Morgan fingerprint density at radius 2 is 1.79 bits per heavy atom. The predicted octanol–water partition coefficient (Wildman–Crippen LogP) is 0.0753. The van der Waals surface area contributed by atoms with Crippen molar-refractivity contribution in [1.29, 1.82) is 0 Å². The number of aliphatic hydroxyl groups is 2. The summed E-state index contributed by atoms with van der Waals surface area (Å²) in [6.07, 6.45) is -7.40. The molecule has 0 aromatic heterocycles. The van der Waals surface area contributed by atoms with Crippen LogP contribution in [0.1, 0.15) is 32.4 Å².